The molecule has 0 atom stereocenters. The van der Waals surface area contributed by atoms with Crippen LogP contribution in [0, 0.1) is 0 Å². The lowest BCUT2D eigenvalue weighted by Gasteiger charge is -2.05. The van der Waals surface area contributed by atoms with Gasteiger partial charge in [0.15, 0.2) is 16.2 Å². The molecule has 12 heteroatoms. The van der Waals surface area contributed by atoms with Gasteiger partial charge in [0.2, 0.25) is 5.91 Å². The Morgan fingerprint density at radius 2 is 2.20 bits per heavy atom. The molecule has 0 fully saturated rings. The van der Waals surface area contributed by atoms with E-state index in [0.717, 1.165) is 0 Å². The number of nitrogens with zero attached hydrogens (tertiary/aromatic N) is 4. The van der Waals surface area contributed by atoms with Crippen LogP contribution in [-0.4, -0.2) is 45.8 Å². The number of sulfone groups is 1. The molecule has 30 heavy (non-hydrogen) atoms. The van der Waals surface area contributed by atoms with Crippen LogP contribution in [0.5, 0.6) is 5.75 Å². The lowest BCUT2D eigenvalue weighted by atomic mass is 10.3. The highest BCUT2D eigenvalue weighted by atomic mass is 35.5. The summed E-state index contributed by atoms with van der Waals surface area (Å²) in [5.74, 6) is -0.225. The van der Waals surface area contributed by atoms with Crippen molar-refractivity contribution in [3.8, 4) is 5.75 Å². The van der Waals surface area contributed by atoms with Gasteiger partial charge in [-0.05, 0) is 18.2 Å². The van der Waals surface area contributed by atoms with Crippen LogP contribution in [0.15, 0.2) is 41.3 Å². The van der Waals surface area contributed by atoms with Crippen molar-refractivity contribution in [1.29, 1.82) is 0 Å². The Bertz CT molecular complexity index is 1110. The van der Waals surface area contributed by atoms with E-state index in [-0.39, 0.29) is 25.4 Å². The van der Waals surface area contributed by atoms with Crippen LogP contribution in [0.25, 0.3) is 0 Å². The smallest absolute Gasteiger partial charge is 0.235 e. The first kappa shape index (κ1) is 21.8. The Hall–Kier alpha value is -2.92. The van der Waals surface area contributed by atoms with Crippen molar-refractivity contribution in [2.45, 2.75) is 26.6 Å². The van der Waals surface area contributed by atoms with Crippen LogP contribution in [0.2, 0.25) is 5.02 Å². The molecule has 0 bridgehead atoms. The molecule has 3 aromatic rings. The van der Waals surface area contributed by atoms with E-state index in [1.165, 1.54) is 13.3 Å². The highest BCUT2D eigenvalue weighted by Gasteiger charge is 2.16. The van der Waals surface area contributed by atoms with Crippen molar-refractivity contribution in [2.75, 3.05) is 11.5 Å². The summed E-state index contributed by atoms with van der Waals surface area (Å²) < 4.78 is 35.5. The monoisotopic (exact) mass is 453 g/mol. The Labute approximate surface area is 178 Å². The van der Waals surface area contributed by atoms with Gasteiger partial charge in [0.05, 0.1) is 19.3 Å². The summed E-state index contributed by atoms with van der Waals surface area (Å²) in [6.45, 7) is 1.99. The number of carbonyl (C=O) groups is 1. The molecule has 0 spiro atoms. The third-order valence-electron chi connectivity index (χ3n) is 4.04. The summed E-state index contributed by atoms with van der Waals surface area (Å²) in [5.41, 5.74) is 1.15. The molecule has 0 aliphatic heterocycles. The van der Waals surface area contributed by atoms with E-state index < -0.39 is 21.5 Å². The molecular formula is C18H20ClN5O5S. The number of hydrogen-bond donors (Lipinski definition) is 1. The van der Waals surface area contributed by atoms with Crippen molar-refractivity contribution in [2.24, 2.45) is 0 Å². The van der Waals surface area contributed by atoms with Gasteiger partial charge in [0.1, 0.15) is 35.3 Å². The second-order valence-electron chi connectivity index (χ2n) is 6.33. The number of carbonyl (C=O) groups excluding carboxylic acids is 1. The van der Waals surface area contributed by atoms with Crippen molar-refractivity contribution >= 4 is 27.3 Å². The third-order valence-corrected chi connectivity index (χ3v) is 5.86. The summed E-state index contributed by atoms with van der Waals surface area (Å²) in [5, 5.41) is 11.2. The maximum atomic E-state index is 11.8. The quantitative estimate of drug-likeness (QED) is 0.490. The fourth-order valence-corrected chi connectivity index (χ4v) is 3.33. The van der Waals surface area contributed by atoms with E-state index in [1.807, 2.05) is 0 Å². The lowest BCUT2D eigenvalue weighted by Crippen LogP contribution is -2.30. The first-order valence-electron chi connectivity index (χ1n) is 9.00. The van der Waals surface area contributed by atoms with E-state index in [9.17, 15) is 13.2 Å². The Morgan fingerprint density at radius 3 is 2.97 bits per heavy atom. The molecular weight excluding hydrogens is 434 g/mol. The topological polar surface area (TPSA) is 129 Å². The minimum absolute atomic E-state index is 0.0207. The predicted molar refractivity (Wildman–Crippen MR) is 108 cm³/mol. The van der Waals surface area contributed by atoms with E-state index >= 15 is 0 Å². The van der Waals surface area contributed by atoms with Crippen molar-refractivity contribution in [3.05, 3.63) is 59.0 Å². The molecule has 10 nitrogen and oxygen atoms in total. The van der Waals surface area contributed by atoms with Crippen LogP contribution in [0.4, 0.5) is 0 Å². The number of ether oxygens (including phenoxy) is 1. The molecule has 1 aromatic carbocycles. The minimum Gasteiger partial charge on any atom is -0.487 e. The van der Waals surface area contributed by atoms with Crippen LogP contribution in [0.1, 0.15) is 24.1 Å². The zero-order valence-electron chi connectivity index (χ0n) is 16.1. The van der Waals surface area contributed by atoms with Gasteiger partial charge in [0, 0.05) is 10.8 Å². The fraction of sp³-hybridized carbons (Fsp3) is 0.333. The molecule has 0 aliphatic carbocycles. The molecule has 2 aromatic heterocycles. The van der Waals surface area contributed by atoms with Crippen molar-refractivity contribution in [1.82, 2.24) is 25.3 Å². The molecule has 0 saturated heterocycles. The normalized spacial score (nSPS) is 11.4. The molecule has 0 unspecified atom stereocenters. The minimum atomic E-state index is -3.39. The first-order chi connectivity index (χ1) is 14.3. The standard InChI is InChI=1S/C18H20ClN5O5S/c1-2-30(26,27)11-18(25)20-7-17-16(21-12-29-17)9-24-8-14(22-23-24)10-28-15-5-3-4-13(19)6-15/h3-6,8,12H,2,7,9-11H2,1H3,(H,20,25). The van der Waals surface area contributed by atoms with Crippen LogP contribution < -0.4 is 10.1 Å². The van der Waals surface area contributed by atoms with Gasteiger partial charge in [0.25, 0.3) is 0 Å². The van der Waals surface area contributed by atoms with Gasteiger partial charge in [-0.15, -0.1) is 5.10 Å². The second kappa shape index (κ2) is 9.72. The number of oxazole rings is 1. The predicted octanol–water partition coefficient (Wildman–Crippen LogP) is 1.60. The third kappa shape index (κ3) is 6.29. The van der Waals surface area contributed by atoms with Crippen LogP contribution in [0.3, 0.4) is 0 Å². The van der Waals surface area contributed by atoms with E-state index in [2.05, 4.69) is 20.6 Å². The van der Waals surface area contributed by atoms with Crippen LogP contribution >= 0.6 is 11.6 Å². The SMILES string of the molecule is CCS(=O)(=O)CC(=O)NCc1ocnc1Cn1cc(COc2cccc(Cl)c2)nn1. The summed E-state index contributed by atoms with van der Waals surface area (Å²) in [7, 11) is -3.39. The van der Waals surface area contributed by atoms with Crippen molar-refractivity contribution in [3.63, 3.8) is 0 Å². The van der Waals surface area contributed by atoms with Gasteiger partial charge < -0.3 is 14.5 Å². The highest BCUT2D eigenvalue weighted by molar-refractivity contribution is 7.92. The summed E-state index contributed by atoms with van der Waals surface area (Å²) in [4.78, 5) is 15.9. The zero-order chi connectivity index (χ0) is 21.6. The van der Waals surface area contributed by atoms with Gasteiger partial charge >= 0.3 is 0 Å². The molecule has 1 N–H and O–H groups in total. The number of hydrogen-bond acceptors (Lipinski definition) is 8. The average molecular weight is 454 g/mol. The highest BCUT2D eigenvalue weighted by Crippen LogP contribution is 2.18. The van der Waals surface area contributed by atoms with E-state index in [1.54, 1.807) is 35.1 Å². The van der Waals surface area contributed by atoms with Gasteiger partial charge in [-0.2, -0.15) is 0 Å². The summed E-state index contributed by atoms with van der Waals surface area (Å²) in [6, 6.07) is 7.04. The maximum absolute atomic E-state index is 11.8. The van der Waals surface area contributed by atoms with E-state index in [4.69, 9.17) is 20.8 Å². The van der Waals surface area contributed by atoms with Gasteiger partial charge in [-0.25, -0.2) is 18.1 Å². The van der Waals surface area contributed by atoms with E-state index in [0.29, 0.717) is 27.9 Å². The number of aromatic nitrogens is 4. The average Bonchev–Trinajstić information content (AvgIpc) is 3.34. The zero-order valence-corrected chi connectivity index (χ0v) is 17.7. The lowest BCUT2D eigenvalue weighted by molar-refractivity contribution is -0.118. The Balaban J connectivity index is 1.54. The van der Waals surface area contributed by atoms with Gasteiger partial charge in [-0.3, -0.25) is 4.79 Å². The molecule has 3 rings (SSSR count). The second-order valence-corrected chi connectivity index (χ2v) is 9.12. The Kier molecular flexibility index (Phi) is 7.06. The molecule has 160 valence electrons. The number of nitrogens with one attached hydrogen (secondary N) is 1. The summed E-state index contributed by atoms with van der Waals surface area (Å²) >= 11 is 5.93. The largest absolute Gasteiger partial charge is 0.487 e. The van der Waals surface area contributed by atoms with Crippen molar-refractivity contribution < 1.29 is 22.4 Å². The number of halogens is 1. The summed E-state index contributed by atoms with van der Waals surface area (Å²) in [6.07, 6.45) is 2.95. The molecule has 0 aliphatic rings. The number of rotatable bonds is 10. The molecule has 0 radical (unpaired) electrons. The number of amides is 1. The molecule has 2 heterocycles. The maximum Gasteiger partial charge on any atom is 0.235 e. The number of benzene rings is 1. The molecule has 1 amide bonds. The fourth-order valence-electron chi connectivity index (χ4n) is 2.45. The van der Waals surface area contributed by atoms with Crippen LogP contribution in [-0.2, 0) is 34.3 Å². The first-order valence-corrected chi connectivity index (χ1v) is 11.2. The molecule has 0 saturated carbocycles. The Morgan fingerprint density at radius 1 is 1.37 bits per heavy atom. The van der Waals surface area contributed by atoms with Gasteiger partial charge in [-0.1, -0.05) is 29.8 Å².